The van der Waals surface area contributed by atoms with Gasteiger partial charge in [0.05, 0.1) is 17.5 Å². The van der Waals surface area contributed by atoms with Crippen molar-refractivity contribution >= 4 is 11.7 Å². The molecule has 0 radical (unpaired) electrons. The summed E-state index contributed by atoms with van der Waals surface area (Å²) < 4.78 is 7.35. The number of carbonyl (C=O) groups excluding carboxylic acids is 1. The smallest absolute Gasteiger partial charge is 0.319 e. The van der Waals surface area contributed by atoms with Crippen LogP contribution in [0.15, 0.2) is 6.20 Å². The second-order valence-corrected chi connectivity index (χ2v) is 5.17. The lowest BCUT2D eigenvalue weighted by Gasteiger charge is -2.22. The molecule has 1 fully saturated rings. The topological polar surface area (TPSA) is 68.2 Å². The Balaban J connectivity index is 1.71. The van der Waals surface area contributed by atoms with Crippen LogP contribution in [-0.2, 0) is 18.2 Å². The van der Waals surface area contributed by atoms with Gasteiger partial charge in [-0.1, -0.05) is 6.92 Å². The van der Waals surface area contributed by atoms with Crippen LogP contribution in [0.3, 0.4) is 0 Å². The Morgan fingerprint density at radius 1 is 1.55 bits per heavy atom. The van der Waals surface area contributed by atoms with Gasteiger partial charge in [0.2, 0.25) is 0 Å². The first-order chi connectivity index (χ1) is 9.69. The predicted molar refractivity (Wildman–Crippen MR) is 77.8 cm³/mol. The molecule has 1 aliphatic heterocycles. The minimum Gasteiger partial charge on any atom is -0.378 e. The van der Waals surface area contributed by atoms with Crippen molar-refractivity contribution in [3.8, 4) is 0 Å². The molecule has 1 aromatic heterocycles. The Morgan fingerprint density at radius 2 is 2.40 bits per heavy atom. The third-order valence-corrected chi connectivity index (χ3v) is 3.51. The number of hydrogen-bond donors (Lipinski definition) is 2. The number of hydrogen-bond acceptors (Lipinski definition) is 3. The summed E-state index contributed by atoms with van der Waals surface area (Å²) in [6, 6.07) is -0.177. The Bertz CT molecular complexity index is 438. The van der Waals surface area contributed by atoms with Gasteiger partial charge in [-0.3, -0.25) is 4.68 Å². The highest BCUT2D eigenvalue weighted by molar-refractivity contribution is 5.89. The number of carbonyl (C=O) groups is 1. The van der Waals surface area contributed by atoms with Gasteiger partial charge in [-0.05, 0) is 32.1 Å². The molecule has 112 valence electrons. The van der Waals surface area contributed by atoms with Crippen LogP contribution >= 0.6 is 0 Å². The molecule has 2 amide bonds. The van der Waals surface area contributed by atoms with Gasteiger partial charge in [0.15, 0.2) is 0 Å². The molecule has 1 unspecified atom stereocenters. The van der Waals surface area contributed by atoms with Crippen LogP contribution in [0.4, 0.5) is 10.5 Å². The van der Waals surface area contributed by atoms with Crippen LogP contribution in [0, 0.1) is 0 Å². The number of anilines is 1. The number of ether oxygens (including phenoxy) is 1. The van der Waals surface area contributed by atoms with E-state index >= 15 is 0 Å². The number of urea groups is 1. The normalized spacial score (nSPS) is 18.8. The van der Waals surface area contributed by atoms with Gasteiger partial charge in [0, 0.05) is 26.4 Å². The number of aryl methyl sites for hydroxylation is 2. The van der Waals surface area contributed by atoms with Crippen LogP contribution in [-0.4, -0.2) is 35.1 Å². The van der Waals surface area contributed by atoms with Crippen molar-refractivity contribution in [3.63, 3.8) is 0 Å². The second kappa shape index (κ2) is 7.28. The first-order valence-corrected chi connectivity index (χ1v) is 7.38. The summed E-state index contributed by atoms with van der Waals surface area (Å²) in [6.45, 7) is 3.51. The lowest BCUT2D eigenvalue weighted by molar-refractivity contribution is 0.0120. The zero-order valence-electron chi connectivity index (χ0n) is 12.3. The summed E-state index contributed by atoms with van der Waals surface area (Å²) in [7, 11) is 1.85. The molecule has 1 atom stereocenters. The summed E-state index contributed by atoms with van der Waals surface area (Å²) in [4.78, 5) is 11.8. The van der Waals surface area contributed by atoms with Gasteiger partial charge in [-0.15, -0.1) is 0 Å². The maximum atomic E-state index is 11.8. The van der Waals surface area contributed by atoms with Gasteiger partial charge >= 0.3 is 6.03 Å². The molecule has 2 heterocycles. The molecule has 0 aromatic carbocycles. The quantitative estimate of drug-likeness (QED) is 0.867. The van der Waals surface area contributed by atoms with E-state index in [2.05, 4.69) is 15.7 Å². The highest BCUT2D eigenvalue weighted by Crippen LogP contribution is 2.15. The predicted octanol–water partition coefficient (Wildman–Crippen LogP) is 2.06. The molecular weight excluding hydrogens is 256 g/mol. The van der Waals surface area contributed by atoms with Crippen molar-refractivity contribution in [1.29, 1.82) is 0 Å². The Hall–Kier alpha value is -1.56. The Kier molecular flexibility index (Phi) is 5.40. The number of rotatable bonds is 5. The van der Waals surface area contributed by atoms with E-state index in [9.17, 15) is 4.79 Å². The van der Waals surface area contributed by atoms with Crippen molar-refractivity contribution in [2.24, 2.45) is 7.05 Å². The van der Waals surface area contributed by atoms with E-state index in [1.54, 1.807) is 4.68 Å². The highest BCUT2D eigenvalue weighted by atomic mass is 16.5. The number of aromatic nitrogens is 2. The molecule has 1 aliphatic rings. The lowest BCUT2D eigenvalue weighted by atomic mass is 10.1. The van der Waals surface area contributed by atoms with E-state index in [1.807, 2.05) is 20.2 Å². The van der Waals surface area contributed by atoms with E-state index in [1.165, 1.54) is 6.42 Å². The van der Waals surface area contributed by atoms with Crippen molar-refractivity contribution in [2.75, 3.05) is 18.5 Å². The molecule has 1 saturated heterocycles. The van der Waals surface area contributed by atoms with E-state index in [-0.39, 0.29) is 6.03 Å². The van der Waals surface area contributed by atoms with Crippen LogP contribution in [0.25, 0.3) is 0 Å². The van der Waals surface area contributed by atoms with Crippen molar-refractivity contribution in [3.05, 3.63) is 11.9 Å². The maximum Gasteiger partial charge on any atom is 0.319 e. The van der Waals surface area contributed by atoms with E-state index in [0.29, 0.717) is 12.6 Å². The van der Waals surface area contributed by atoms with Crippen molar-refractivity contribution < 1.29 is 9.53 Å². The number of amides is 2. The highest BCUT2D eigenvalue weighted by Gasteiger charge is 2.14. The molecule has 0 saturated carbocycles. The van der Waals surface area contributed by atoms with E-state index in [0.717, 1.165) is 43.7 Å². The first-order valence-electron chi connectivity index (χ1n) is 7.38. The van der Waals surface area contributed by atoms with Gasteiger partial charge in [-0.2, -0.15) is 5.10 Å². The summed E-state index contributed by atoms with van der Waals surface area (Å²) in [6.07, 6.45) is 7.29. The molecule has 2 N–H and O–H groups in total. The summed E-state index contributed by atoms with van der Waals surface area (Å²) in [5, 5.41) is 10.0. The van der Waals surface area contributed by atoms with Crippen LogP contribution in [0.1, 0.15) is 38.3 Å². The monoisotopic (exact) mass is 280 g/mol. The molecular formula is C14H24N4O2. The summed E-state index contributed by atoms with van der Waals surface area (Å²) in [5.41, 5.74) is 1.68. The molecule has 0 bridgehead atoms. The van der Waals surface area contributed by atoms with Gasteiger partial charge in [0.1, 0.15) is 0 Å². The zero-order chi connectivity index (χ0) is 14.4. The fourth-order valence-electron chi connectivity index (χ4n) is 2.45. The van der Waals surface area contributed by atoms with Gasteiger partial charge < -0.3 is 15.4 Å². The van der Waals surface area contributed by atoms with Crippen LogP contribution in [0.2, 0.25) is 0 Å². The van der Waals surface area contributed by atoms with Crippen LogP contribution < -0.4 is 10.6 Å². The molecule has 1 aromatic rings. The molecule has 6 nitrogen and oxygen atoms in total. The Labute approximate surface area is 119 Å². The second-order valence-electron chi connectivity index (χ2n) is 5.17. The Morgan fingerprint density at radius 3 is 3.10 bits per heavy atom. The zero-order valence-corrected chi connectivity index (χ0v) is 12.3. The number of nitrogens with one attached hydrogen (secondary N) is 2. The third-order valence-electron chi connectivity index (χ3n) is 3.51. The first kappa shape index (κ1) is 14.8. The molecule has 20 heavy (non-hydrogen) atoms. The molecule has 0 spiro atoms. The van der Waals surface area contributed by atoms with E-state index < -0.39 is 0 Å². The standard InChI is InChI=1S/C14H24N4O2/c1-3-12-13(10-18(2)17-12)16-14(19)15-8-7-11-6-4-5-9-20-11/h10-11H,3-9H2,1-2H3,(H2,15,16,19). The third kappa shape index (κ3) is 4.23. The maximum absolute atomic E-state index is 11.8. The van der Waals surface area contributed by atoms with Crippen molar-refractivity contribution in [2.45, 2.75) is 45.1 Å². The average Bonchev–Trinajstić information content (AvgIpc) is 2.80. The molecule has 0 aliphatic carbocycles. The minimum absolute atomic E-state index is 0.177. The van der Waals surface area contributed by atoms with Crippen molar-refractivity contribution in [1.82, 2.24) is 15.1 Å². The van der Waals surface area contributed by atoms with Gasteiger partial charge in [-0.25, -0.2) is 4.79 Å². The molecule has 6 heteroatoms. The van der Waals surface area contributed by atoms with Gasteiger partial charge in [0.25, 0.3) is 0 Å². The SMILES string of the molecule is CCc1nn(C)cc1NC(=O)NCCC1CCCCO1. The fraction of sp³-hybridized carbons (Fsp3) is 0.714. The average molecular weight is 280 g/mol. The minimum atomic E-state index is -0.177. The fourth-order valence-corrected chi connectivity index (χ4v) is 2.45. The van der Waals surface area contributed by atoms with E-state index in [4.69, 9.17) is 4.74 Å². The van der Waals surface area contributed by atoms with Crippen LogP contribution in [0.5, 0.6) is 0 Å². The summed E-state index contributed by atoms with van der Waals surface area (Å²) >= 11 is 0. The molecule has 2 rings (SSSR count). The summed E-state index contributed by atoms with van der Waals surface area (Å²) in [5.74, 6) is 0. The lowest BCUT2D eigenvalue weighted by Crippen LogP contribution is -2.32. The number of nitrogens with zero attached hydrogens (tertiary/aromatic N) is 2. The largest absolute Gasteiger partial charge is 0.378 e.